The van der Waals surface area contributed by atoms with Crippen molar-refractivity contribution in [2.24, 2.45) is 0 Å². The number of aryl methyl sites for hydroxylation is 1. The zero-order chi connectivity index (χ0) is 22.3. The van der Waals surface area contributed by atoms with E-state index in [1.807, 2.05) is 0 Å². The second-order valence-corrected chi connectivity index (χ2v) is 7.14. The van der Waals surface area contributed by atoms with Gasteiger partial charge in [-0.25, -0.2) is 14.1 Å². The Bertz CT molecular complexity index is 1190. The number of anilines is 1. The molecule has 0 radical (unpaired) electrons. The van der Waals surface area contributed by atoms with Crippen LogP contribution in [-0.2, 0) is 6.18 Å². The average Bonchev–Trinajstić information content (AvgIpc) is 3.42. The van der Waals surface area contributed by atoms with Crippen molar-refractivity contribution in [2.75, 3.05) is 5.32 Å². The highest BCUT2D eigenvalue weighted by atomic mass is 19.4. The monoisotopic (exact) mass is 434 g/mol. The summed E-state index contributed by atoms with van der Waals surface area (Å²) >= 11 is 0. The number of urea groups is 1. The van der Waals surface area contributed by atoms with Gasteiger partial charge in [0.05, 0.1) is 23.0 Å². The van der Waals surface area contributed by atoms with Crippen molar-refractivity contribution in [1.82, 2.24) is 14.9 Å². The maximum atomic E-state index is 13.6. The number of aromatic carboxylic acids is 1. The van der Waals surface area contributed by atoms with Gasteiger partial charge in [0, 0.05) is 18.3 Å². The van der Waals surface area contributed by atoms with E-state index in [1.165, 1.54) is 29.0 Å². The maximum absolute atomic E-state index is 13.6. The molecule has 2 heterocycles. The molecule has 8 nitrogen and oxygen atoms in total. The van der Waals surface area contributed by atoms with Gasteiger partial charge in [-0.05, 0) is 43.5 Å². The molecule has 11 heteroatoms. The second-order valence-electron chi connectivity index (χ2n) is 7.14. The van der Waals surface area contributed by atoms with Crippen LogP contribution in [-0.4, -0.2) is 32.8 Å². The minimum Gasteiger partial charge on any atom is -0.478 e. The number of carboxylic acid groups (broad SMARTS) is 1. The number of aromatic nitrogens is 2. The molecular formula is C20H17F3N4O4. The Morgan fingerprint density at radius 1 is 1.26 bits per heavy atom. The smallest absolute Gasteiger partial charge is 0.418 e. The van der Waals surface area contributed by atoms with Crippen LogP contribution < -0.4 is 15.4 Å². The molecule has 0 bridgehead atoms. The summed E-state index contributed by atoms with van der Waals surface area (Å²) < 4.78 is 47.7. The minimum absolute atomic E-state index is 0.000698. The van der Waals surface area contributed by atoms with Crippen LogP contribution in [0.15, 0.2) is 36.7 Å². The third kappa shape index (κ3) is 4.25. The molecule has 0 aliphatic heterocycles. The standard InChI is InChI=1S/C20H17F3N4O4/c1-10-13(18(28)29)9-27-17(10)16(6-7-24-27)31-12-4-5-15(14(8-12)20(21,22)23)26-19(30)25-11-2-3-11/h4-9,11H,2-3H2,1H3,(H,28,29)(H2,25,26,30). The summed E-state index contributed by atoms with van der Waals surface area (Å²) in [5.74, 6) is -1.15. The van der Waals surface area contributed by atoms with Crippen molar-refractivity contribution < 1.29 is 32.6 Å². The van der Waals surface area contributed by atoms with Crippen LogP contribution >= 0.6 is 0 Å². The van der Waals surface area contributed by atoms with Crippen LogP contribution in [0.2, 0.25) is 0 Å². The molecule has 2 aromatic heterocycles. The molecule has 4 rings (SSSR count). The largest absolute Gasteiger partial charge is 0.478 e. The Kier molecular flexibility index (Phi) is 4.96. The van der Waals surface area contributed by atoms with Crippen LogP contribution in [0.5, 0.6) is 11.5 Å². The predicted molar refractivity (Wildman–Crippen MR) is 104 cm³/mol. The van der Waals surface area contributed by atoms with Crippen molar-refractivity contribution in [3.8, 4) is 11.5 Å². The number of fused-ring (bicyclic) bond motifs is 1. The van der Waals surface area contributed by atoms with Crippen LogP contribution in [0.3, 0.4) is 0 Å². The highest BCUT2D eigenvalue weighted by molar-refractivity contribution is 5.93. The van der Waals surface area contributed by atoms with Gasteiger partial charge in [0.1, 0.15) is 11.3 Å². The van der Waals surface area contributed by atoms with E-state index in [-0.39, 0.29) is 23.1 Å². The summed E-state index contributed by atoms with van der Waals surface area (Å²) in [5, 5.41) is 18.1. The number of alkyl halides is 3. The lowest BCUT2D eigenvalue weighted by molar-refractivity contribution is -0.137. The van der Waals surface area contributed by atoms with Gasteiger partial charge in [-0.1, -0.05) is 0 Å². The van der Waals surface area contributed by atoms with E-state index in [1.54, 1.807) is 6.92 Å². The molecule has 0 atom stereocenters. The van der Waals surface area contributed by atoms with Crippen molar-refractivity contribution in [1.29, 1.82) is 0 Å². The fourth-order valence-electron chi connectivity index (χ4n) is 3.15. The summed E-state index contributed by atoms with van der Waals surface area (Å²) in [5.41, 5.74) is -0.786. The Morgan fingerprint density at radius 2 is 2.00 bits per heavy atom. The number of nitrogens with zero attached hydrogens (tertiary/aromatic N) is 2. The molecule has 1 saturated carbocycles. The number of nitrogens with one attached hydrogen (secondary N) is 2. The second kappa shape index (κ2) is 7.49. The van der Waals surface area contributed by atoms with Gasteiger partial charge >= 0.3 is 18.2 Å². The molecule has 0 saturated heterocycles. The molecule has 2 amide bonds. The van der Waals surface area contributed by atoms with E-state index >= 15 is 0 Å². The first-order valence-electron chi connectivity index (χ1n) is 9.30. The SMILES string of the molecule is Cc1c(C(=O)O)cn2nccc(Oc3ccc(NC(=O)NC4CC4)c(C(F)(F)F)c3)c12. The van der Waals surface area contributed by atoms with Crippen LogP contribution in [0, 0.1) is 6.92 Å². The number of halogens is 3. The molecule has 31 heavy (non-hydrogen) atoms. The molecule has 1 aliphatic rings. The first kappa shape index (κ1) is 20.5. The lowest BCUT2D eigenvalue weighted by Gasteiger charge is -2.16. The fourth-order valence-corrected chi connectivity index (χ4v) is 3.15. The molecule has 162 valence electrons. The summed E-state index contributed by atoms with van der Waals surface area (Å²) in [6.45, 7) is 1.56. The van der Waals surface area contributed by atoms with Crippen LogP contribution in [0.4, 0.5) is 23.7 Å². The molecule has 1 fully saturated rings. The number of amides is 2. The van der Waals surface area contributed by atoms with Crippen LogP contribution in [0.1, 0.15) is 34.3 Å². The first-order chi connectivity index (χ1) is 14.6. The predicted octanol–water partition coefficient (Wildman–Crippen LogP) is 4.44. The van der Waals surface area contributed by atoms with Gasteiger partial charge in [-0.2, -0.15) is 18.3 Å². The molecule has 0 unspecified atom stereocenters. The van der Waals surface area contributed by atoms with Gasteiger partial charge in [-0.15, -0.1) is 0 Å². The number of carbonyl (C=O) groups excluding carboxylic acids is 1. The zero-order valence-electron chi connectivity index (χ0n) is 16.2. The number of carboxylic acids is 1. The number of carbonyl (C=O) groups is 2. The average molecular weight is 434 g/mol. The van der Waals surface area contributed by atoms with E-state index in [0.717, 1.165) is 25.0 Å². The molecule has 3 aromatic rings. The van der Waals surface area contributed by atoms with Crippen molar-refractivity contribution in [2.45, 2.75) is 32.0 Å². The molecule has 1 aromatic carbocycles. The lowest BCUT2D eigenvalue weighted by atomic mass is 10.1. The number of ether oxygens (including phenoxy) is 1. The minimum atomic E-state index is -4.74. The quantitative estimate of drug-likeness (QED) is 0.551. The van der Waals surface area contributed by atoms with Gasteiger partial charge in [0.15, 0.2) is 5.75 Å². The Balaban J connectivity index is 1.67. The highest BCUT2D eigenvalue weighted by Crippen LogP contribution is 2.39. The van der Waals surface area contributed by atoms with E-state index in [9.17, 15) is 27.9 Å². The number of hydrogen-bond donors (Lipinski definition) is 3. The molecular weight excluding hydrogens is 417 g/mol. The Morgan fingerprint density at radius 3 is 2.65 bits per heavy atom. The number of benzene rings is 1. The number of rotatable bonds is 5. The molecule has 3 N–H and O–H groups in total. The summed E-state index contributed by atoms with van der Waals surface area (Å²) in [6.07, 6.45) is -0.496. The maximum Gasteiger partial charge on any atom is 0.418 e. The zero-order valence-corrected chi connectivity index (χ0v) is 16.2. The third-order valence-corrected chi connectivity index (χ3v) is 4.81. The fraction of sp³-hybridized carbons (Fsp3) is 0.250. The third-order valence-electron chi connectivity index (χ3n) is 4.81. The van der Waals surface area contributed by atoms with Crippen molar-refractivity contribution in [3.05, 3.63) is 53.3 Å². The topological polar surface area (TPSA) is 105 Å². The molecule has 1 aliphatic carbocycles. The summed E-state index contributed by atoms with van der Waals surface area (Å²) in [6, 6.07) is 3.89. The van der Waals surface area contributed by atoms with Gasteiger partial charge < -0.3 is 20.5 Å². The lowest BCUT2D eigenvalue weighted by Crippen LogP contribution is -2.31. The van der Waals surface area contributed by atoms with Crippen LogP contribution in [0.25, 0.3) is 5.52 Å². The summed E-state index contributed by atoms with van der Waals surface area (Å²) in [4.78, 5) is 23.2. The highest BCUT2D eigenvalue weighted by Gasteiger charge is 2.35. The van der Waals surface area contributed by atoms with E-state index in [0.29, 0.717) is 11.1 Å². The van der Waals surface area contributed by atoms with Crippen molar-refractivity contribution in [3.63, 3.8) is 0 Å². The normalized spacial score (nSPS) is 13.8. The first-order valence-corrected chi connectivity index (χ1v) is 9.30. The van der Waals surface area contributed by atoms with Gasteiger partial charge in [-0.3, -0.25) is 0 Å². The molecule has 0 spiro atoms. The number of hydrogen-bond acceptors (Lipinski definition) is 4. The van der Waals surface area contributed by atoms with Gasteiger partial charge in [0.25, 0.3) is 0 Å². The van der Waals surface area contributed by atoms with Gasteiger partial charge in [0.2, 0.25) is 0 Å². The Labute approximate surface area is 173 Å². The Hall–Kier alpha value is -3.76. The van der Waals surface area contributed by atoms with Crippen molar-refractivity contribution >= 4 is 23.2 Å². The van der Waals surface area contributed by atoms with E-state index < -0.39 is 29.4 Å². The van der Waals surface area contributed by atoms with E-state index in [2.05, 4.69) is 15.7 Å². The van der Waals surface area contributed by atoms with E-state index in [4.69, 9.17) is 4.74 Å². The summed E-state index contributed by atoms with van der Waals surface area (Å²) in [7, 11) is 0.